The summed E-state index contributed by atoms with van der Waals surface area (Å²) in [7, 11) is 0. The molecule has 1 heterocycles. The normalized spacial score (nSPS) is 37.1. The van der Waals surface area contributed by atoms with Crippen molar-refractivity contribution in [1.29, 1.82) is 0 Å². The summed E-state index contributed by atoms with van der Waals surface area (Å²) in [5.74, 6) is 0. The predicted molar refractivity (Wildman–Crippen MR) is 46.6 cm³/mol. The van der Waals surface area contributed by atoms with Crippen molar-refractivity contribution in [2.24, 2.45) is 0 Å². The van der Waals surface area contributed by atoms with Gasteiger partial charge in [0, 0.05) is 5.54 Å². The molecular formula is C9H19NO. The van der Waals surface area contributed by atoms with Gasteiger partial charge in [0.1, 0.15) is 0 Å². The molecule has 0 saturated carbocycles. The molecule has 0 bridgehead atoms. The lowest BCUT2D eigenvalue weighted by molar-refractivity contribution is -0.0245. The van der Waals surface area contributed by atoms with Crippen LogP contribution in [0.15, 0.2) is 0 Å². The summed E-state index contributed by atoms with van der Waals surface area (Å²) in [5, 5.41) is 13.4. The van der Waals surface area contributed by atoms with E-state index < -0.39 is 5.60 Å². The molecule has 1 saturated heterocycles. The van der Waals surface area contributed by atoms with Crippen LogP contribution >= 0.6 is 0 Å². The van der Waals surface area contributed by atoms with Gasteiger partial charge in [-0.3, -0.25) is 0 Å². The number of nitrogens with one attached hydrogen (secondary N) is 1. The molecule has 0 aliphatic carbocycles. The monoisotopic (exact) mass is 157 g/mol. The van der Waals surface area contributed by atoms with Gasteiger partial charge in [-0.2, -0.15) is 0 Å². The third kappa shape index (κ3) is 1.42. The summed E-state index contributed by atoms with van der Waals surface area (Å²) in [6.45, 7) is 7.12. The predicted octanol–water partition coefficient (Wildman–Crippen LogP) is 1.29. The van der Waals surface area contributed by atoms with Crippen molar-refractivity contribution in [1.82, 2.24) is 5.32 Å². The molecule has 0 aromatic rings. The van der Waals surface area contributed by atoms with Crippen molar-refractivity contribution < 1.29 is 5.11 Å². The van der Waals surface area contributed by atoms with Gasteiger partial charge in [0.2, 0.25) is 0 Å². The number of hydrogen-bond acceptors (Lipinski definition) is 2. The maximum Gasteiger partial charge on any atom is 0.0795 e. The molecule has 2 nitrogen and oxygen atoms in total. The largest absolute Gasteiger partial charge is 0.388 e. The van der Waals surface area contributed by atoms with Crippen LogP contribution in [0, 0.1) is 0 Å². The molecular weight excluding hydrogens is 138 g/mol. The minimum absolute atomic E-state index is 0.0538. The minimum Gasteiger partial charge on any atom is -0.388 e. The number of aliphatic hydroxyl groups is 1. The van der Waals surface area contributed by atoms with Crippen LogP contribution in [0.3, 0.4) is 0 Å². The van der Waals surface area contributed by atoms with Crippen molar-refractivity contribution in [2.45, 2.75) is 51.2 Å². The highest BCUT2D eigenvalue weighted by molar-refractivity contribution is 5.02. The molecule has 1 fully saturated rings. The lowest BCUT2D eigenvalue weighted by Crippen LogP contribution is -2.55. The summed E-state index contributed by atoms with van der Waals surface area (Å²) in [5.41, 5.74) is -0.606. The zero-order chi connectivity index (χ0) is 8.54. The second-order valence-electron chi connectivity index (χ2n) is 3.99. The van der Waals surface area contributed by atoms with Crippen LogP contribution in [0.25, 0.3) is 0 Å². The molecule has 1 aliphatic rings. The first-order valence-corrected chi connectivity index (χ1v) is 4.49. The molecule has 0 radical (unpaired) electrons. The Morgan fingerprint density at radius 1 is 1.64 bits per heavy atom. The lowest BCUT2D eigenvalue weighted by Gasteiger charge is -2.39. The standard InChI is InChI=1S/C9H19NO/c1-4-9(3,11)8(2)6-5-7-10-8/h10-11H,4-7H2,1-3H3/t8-,9-/m1/s1. The van der Waals surface area contributed by atoms with E-state index in [-0.39, 0.29) is 5.54 Å². The fraction of sp³-hybridized carbons (Fsp3) is 1.00. The molecule has 1 aliphatic heterocycles. The summed E-state index contributed by atoms with van der Waals surface area (Å²) in [6.07, 6.45) is 3.09. The van der Waals surface area contributed by atoms with Crippen molar-refractivity contribution >= 4 is 0 Å². The maximum atomic E-state index is 10.0. The van der Waals surface area contributed by atoms with Crippen LogP contribution in [-0.4, -0.2) is 22.8 Å². The molecule has 0 aromatic carbocycles. The number of rotatable bonds is 2. The fourth-order valence-corrected chi connectivity index (χ4v) is 1.74. The van der Waals surface area contributed by atoms with Gasteiger partial charge >= 0.3 is 0 Å². The van der Waals surface area contributed by atoms with E-state index in [2.05, 4.69) is 12.2 Å². The Hall–Kier alpha value is -0.0800. The highest BCUT2D eigenvalue weighted by atomic mass is 16.3. The Kier molecular flexibility index (Phi) is 2.26. The maximum absolute atomic E-state index is 10.0. The van der Waals surface area contributed by atoms with E-state index in [9.17, 15) is 5.11 Å². The van der Waals surface area contributed by atoms with E-state index in [0.717, 1.165) is 19.4 Å². The third-order valence-electron chi connectivity index (χ3n) is 3.25. The average molecular weight is 157 g/mol. The molecule has 0 amide bonds. The molecule has 0 unspecified atom stereocenters. The van der Waals surface area contributed by atoms with Gasteiger partial charge in [0.25, 0.3) is 0 Å². The van der Waals surface area contributed by atoms with Gasteiger partial charge < -0.3 is 10.4 Å². The average Bonchev–Trinajstić information content (AvgIpc) is 2.38. The van der Waals surface area contributed by atoms with E-state index in [1.54, 1.807) is 0 Å². The van der Waals surface area contributed by atoms with Crippen LogP contribution in [0.2, 0.25) is 0 Å². The summed E-state index contributed by atoms with van der Waals surface area (Å²) in [4.78, 5) is 0. The summed E-state index contributed by atoms with van der Waals surface area (Å²) >= 11 is 0. The minimum atomic E-state index is -0.552. The van der Waals surface area contributed by atoms with Crippen molar-refractivity contribution in [3.05, 3.63) is 0 Å². The Bertz CT molecular complexity index is 136. The van der Waals surface area contributed by atoms with E-state index in [0.29, 0.717) is 0 Å². The van der Waals surface area contributed by atoms with Crippen LogP contribution in [0.5, 0.6) is 0 Å². The molecule has 2 atom stereocenters. The second-order valence-corrected chi connectivity index (χ2v) is 3.99. The van der Waals surface area contributed by atoms with Crippen molar-refractivity contribution in [2.75, 3.05) is 6.54 Å². The topological polar surface area (TPSA) is 32.3 Å². The van der Waals surface area contributed by atoms with Gasteiger partial charge in [-0.05, 0) is 39.7 Å². The summed E-state index contributed by atoms with van der Waals surface area (Å²) in [6, 6.07) is 0. The summed E-state index contributed by atoms with van der Waals surface area (Å²) < 4.78 is 0. The van der Waals surface area contributed by atoms with Crippen LogP contribution in [0.1, 0.15) is 40.0 Å². The van der Waals surface area contributed by atoms with Gasteiger partial charge in [-0.25, -0.2) is 0 Å². The molecule has 0 aromatic heterocycles. The van der Waals surface area contributed by atoms with Crippen molar-refractivity contribution in [3.8, 4) is 0 Å². The van der Waals surface area contributed by atoms with Gasteiger partial charge in [-0.1, -0.05) is 6.92 Å². The van der Waals surface area contributed by atoms with Crippen LogP contribution in [0.4, 0.5) is 0 Å². The van der Waals surface area contributed by atoms with E-state index in [1.807, 2.05) is 13.8 Å². The zero-order valence-corrected chi connectivity index (χ0v) is 7.78. The smallest absolute Gasteiger partial charge is 0.0795 e. The van der Waals surface area contributed by atoms with Crippen LogP contribution < -0.4 is 5.32 Å². The van der Waals surface area contributed by atoms with E-state index >= 15 is 0 Å². The van der Waals surface area contributed by atoms with E-state index in [4.69, 9.17) is 0 Å². The van der Waals surface area contributed by atoms with Crippen molar-refractivity contribution in [3.63, 3.8) is 0 Å². The second kappa shape index (κ2) is 2.76. The Balaban J connectivity index is 2.69. The Morgan fingerprint density at radius 3 is 2.64 bits per heavy atom. The first-order chi connectivity index (χ1) is 5.02. The highest BCUT2D eigenvalue weighted by Gasteiger charge is 2.43. The van der Waals surface area contributed by atoms with Gasteiger partial charge in [0.05, 0.1) is 5.60 Å². The molecule has 1 rings (SSSR count). The molecule has 2 heteroatoms. The Labute approximate surface area is 69.0 Å². The molecule has 11 heavy (non-hydrogen) atoms. The highest BCUT2D eigenvalue weighted by Crippen LogP contribution is 2.32. The quantitative estimate of drug-likeness (QED) is 0.633. The van der Waals surface area contributed by atoms with E-state index in [1.165, 1.54) is 6.42 Å². The first-order valence-electron chi connectivity index (χ1n) is 4.49. The first kappa shape index (κ1) is 9.01. The molecule has 66 valence electrons. The number of hydrogen-bond donors (Lipinski definition) is 2. The Morgan fingerprint density at radius 2 is 2.27 bits per heavy atom. The van der Waals surface area contributed by atoms with Gasteiger partial charge in [-0.15, -0.1) is 0 Å². The molecule has 2 N–H and O–H groups in total. The van der Waals surface area contributed by atoms with Gasteiger partial charge in [0.15, 0.2) is 0 Å². The SMILES string of the molecule is CC[C@@](C)(O)[C@@]1(C)CCCN1. The third-order valence-corrected chi connectivity index (χ3v) is 3.25. The van der Waals surface area contributed by atoms with Crippen LogP contribution in [-0.2, 0) is 0 Å². The fourth-order valence-electron chi connectivity index (χ4n) is 1.74. The molecule has 0 spiro atoms. The zero-order valence-electron chi connectivity index (χ0n) is 7.78. The lowest BCUT2D eigenvalue weighted by atomic mass is 9.80.